The van der Waals surface area contributed by atoms with Crippen molar-refractivity contribution in [2.24, 2.45) is 7.05 Å². The Bertz CT molecular complexity index is 847. The molecule has 0 saturated heterocycles. The molecule has 0 spiro atoms. The number of rotatable bonds is 5. The van der Waals surface area contributed by atoms with E-state index in [1.165, 1.54) is 18.5 Å². The summed E-state index contributed by atoms with van der Waals surface area (Å²) in [6, 6.07) is 1.87. The second-order valence-electron chi connectivity index (χ2n) is 7.07. The fraction of sp³-hybridized carbons (Fsp3) is 0.389. The third kappa shape index (κ3) is 5.91. The predicted molar refractivity (Wildman–Crippen MR) is 103 cm³/mol. The highest BCUT2D eigenvalue weighted by molar-refractivity contribution is 6.06. The lowest BCUT2D eigenvalue weighted by Gasteiger charge is -2.19. The Hall–Kier alpha value is -3.23. The monoisotopic (exact) mass is 372 g/mol. The van der Waals surface area contributed by atoms with Crippen molar-refractivity contribution in [2.45, 2.75) is 26.4 Å². The minimum absolute atomic E-state index is 0.0621. The van der Waals surface area contributed by atoms with Gasteiger partial charge in [-0.25, -0.2) is 14.8 Å². The largest absolute Gasteiger partial charge is 0.444 e. The molecular weight excluding hydrogens is 348 g/mol. The summed E-state index contributed by atoms with van der Waals surface area (Å²) in [6.07, 6.45) is 5.14. The zero-order valence-electron chi connectivity index (χ0n) is 16.3. The summed E-state index contributed by atoms with van der Waals surface area (Å²) in [6.45, 7) is 5.27. The van der Waals surface area contributed by atoms with E-state index in [-0.39, 0.29) is 11.7 Å². The van der Waals surface area contributed by atoms with Crippen molar-refractivity contribution in [3.8, 4) is 0 Å². The Morgan fingerprint density at radius 2 is 1.85 bits per heavy atom. The van der Waals surface area contributed by atoms with Gasteiger partial charge in [0.1, 0.15) is 5.60 Å². The van der Waals surface area contributed by atoms with Gasteiger partial charge in [0.2, 0.25) is 5.95 Å². The summed E-state index contributed by atoms with van der Waals surface area (Å²) >= 11 is 0. The molecule has 0 unspecified atom stereocenters. The minimum Gasteiger partial charge on any atom is -0.444 e. The first-order chi connectivity index (χ1) is 12.5. The number of ketones is 1. The first kappa shape index (κ1) is 20.1. The summed E-state index contributed by atoms with van der Waals surface area (Å²) in [5, 5.41) is 6.74. The minimum atomic E-state index is -0.658. The standard InChI is InChI=1S/C18H24N6O3/c1-18(2,3)27-17(26)21-16-19-10-12(11-20-16)14(25)8-7-13-9-15(23(4)5)22-24(13)6/h7-11H,1-6H3,(H,19,20,21,26)/b8-7+. The van der Waals surface area contributed by atoms with E-state index in [1.807, 2.05) is 25.1 Å². The Balaban J connectivity index is 2.02. The highest BCUT2D eigenvalue weighted by Gasteiger charge is 2.17. The predicted octanol–water partition coefficient (Wildman–Crippen LogP) is 2.52. The van der Waals surface area contributed by atoms with E-state index in [0.29, 0.717) is 5.56 Å². The third-order valence-corrected chi connectivity index (χ3v) is 3.32. The molecule has 9 nitrogen and oxygen atoms in total. The molecule has 0 radical (unpaired) electrons. The number of hydrogen-bond acceptors (Lipinski definition) is 7. The molecule has 0 aromatic carbocycles. The Morgan fingerprint density at radius 3 is 2.37 bits per heavy atom. The van der Waals surface area contributed by atoms with Crippen molar-refractivity contribution in [1.29, 1.82) is 0 Å². The Morgan fingerprint density at radius 1 is 1.22 bits per heavy atom. The molecule has 2 heterocycles. The SMILES string of the molecule is CN(C)c1cc(/C=C/C(=O)c2cnc(NC(=O)OC(C)(C)C)nc2)n(C)n1. The molecule has 1 amide bonds. The van der Waals surface area contributed by atoms with Crippen molar-refractivity contribution in [3.05, 3.63) is 35.8 Å². The number of allylic oxidation sites excluding steroid dienone is 1. The molecule has 0 fully saturated rings. The normalized spacial score (nSPS) is 11.5. The van der Waals surface area contributed by atoms with E-state index in [9.17, 15) is 9.59 Å². The highest BCUT2D eigenvalue weighted by atomic mass is 16.6. The number of ether oxygens (including phenoxy) is 1. The molecule has 0 aliphatic carbocycles. The molecule has 27 heavy (non-hydrogen) atoms. The van der Waals surface area contributed by atoms with Crippen molar-refractivity contribution < 1.29 is 14.3 Å². The number of carbonyl (C=O) groups excluding carboxylic acids is 2. The zero-order valence-corrected chi connectivity index (χ0v) is 16.3. The number of carbonyl (C=O) groups is 2. The van der Waals surface area contributed by atoms with Crippen molar-refractivity contribution in [3.63, 3.8) is 0 Å². The molecule has 1 N–H and O–H groups in total. The third-order valence-electron chi connectivity index (χ3n) is 3.32. The number of amides is 1. The van der Waals surface area contributed by atoms with E-state index < -0.39 is 11.7 Å². The molecule has 0 aliphatic rings. The molecule has 0 bridgehead atoms. The van der Waals surface area contributed by atoms with Gasteiger partial charge < -0.3 is 9.64 Å². The summed E-state index contributed by atoms with van der Waals surface area (Å²) in [7, 11) is 5.59. The maximum Gasteiger partial charge on any atom is 0.414 e. The van der Waals surface area contributed by atoms with E-state index in [0.717, 1.165) is 11.5 Å². The van der Waals surface area contributed by atoms with Crippen LogP contribution in [0.4, 0.5) is 16.6 Å². The smallest absolute Gasteiger partial charge is 0.414 e. The molecule has 0 aliphatic heterocycles. The van der Waals surface area contributed by atoms with Gasteiger partial charge in [0.25, 0.3) is 0 Å². The van der Waals surface area contributed by atoms with Gasteiger partial charge in [0, 0.05) is 39.6 Å². The van der Waals surface area contributed by atoms with Gasteiger partial charge in [-0.1, -0.05) is 0 Å². The number of nitrogens with zero attached hydrogens (tertiary/aromatic N) is 5. The average molecular weight is 372 g/mol. The summed E-state index contributed by atoms with van der Waals surface area (Å²) < 4.78 is 6.80. The number of nitrogens with one attached hydrogen (secondary N) is 1. The van der Waals surface area contributed by atoms with Crippen LogP contribution in [0.3, 0.4) is 0 Å². The number of aromatic nitrogens is 4. The second-order valence-corrected chi connectivity index (χ2v) is 7.07. The second kappa shape index (κ2) is 7.98. The Labute approximate surface area is 158 Å². The van der Waals surface area contributed by atoms with Crippen LogP contribution in [-0.4, -0.2) is 51.3 Å². The molecule has 2 aromatic heterocycles. The topological polar surface area (TPSA) is 102 Å². The molecule has 0 atom stereocenters. The Kier molecular flexibility index (Phi) is 5.94. The molecule has 0 saturated carbocycles. The fourth-order valence-electron chi connectivity index (χ4n) is 2.01. The first-order valence-electron chi connectivity index (χ1n) is 8.31. The summed E-state index contributed by atoms with van der Waals surface area (Å²) in [5.41, 5.74) is 0.468. The number of hydrogen-bond donors (Lipinski definition) is 1. The number of aryl methyl sites for hydroxylation is 1. The molecule has 2 rings (SSSR count). The first-order valence-corrected chi connectivity index (χ1v) is 8.31. The lowest BCUT2D eigenvalue weighted by atomic mass is 10.2. The van der Waals surface area contributed by atoms with Crippen molar-refractivity contribution in [2.75, 3.05) is 24.3 Å². The van der Waals surface area contributed by atoms with Crippen LogP contribution in [0.5, 0.6) is 0 Å². The zero-order chi connectivity index (χ0) is 20.2. The van der Waals surface area contributed by atoms with Gasteiger partial charge in [0.05, 0.1) is 11.3 Å². The van der Waals surface area contributed by atoms with Crippen LogP contribution >= 0.6 is 0 Å². The lowest BCUT2D eigenvalue weighted by molar-refractivity contribution is 0.0634. The van der Waals surface area contributed by atoms with E-state index in [1.54, 1.807) is 38.6 Å². The van der Waals surface area contributed by atoms with Gasteiger partial charge in [-0.3, -0.25) is 14.8 Å². The van der Waals surface area contributed by atoms with Crippen LogP contribution in [-0.2, 0) is 11.8 Å². The molecule has 9 heteroatoms. The van der Waals surface area contributed by atoms with Crippen LogP contribution < -0.4 is 10.2 Å². The molecule has 144 valence electrons. The van der Waals surface area contributed by atoms with E-state index in [2.05, 4.69) is 20.4 Å². The number of anilines is 2. The lowest BCUT2D eigenvalue weighted by Crippen LogP contribution is -2.27. The fourth-order valence-corrected chi connectivity index (χ4v) is 2.01. The maximum atomic E-state index is 12.3. The molecular formula is C18H24N6O3. The van der Waals surface area contributed by atoms with Crippen LogP contribution in [0.25, 0.3) is 6.08 Å². The van der Waals surface area contributed by atoms with Crippen LogP contribution in [0.1, 0.15) is 36.8 Å². The summed E-state index contributed by atoms with van der Waals surface area (Å²) in [5.74, 6) is 0.601. The van der Waals surface area contributed by atoms with Gasteiger partial charge >= 0.3 is 6.09 Å². The van der Waals surface area contributed by atoms with Crippen molar-refractivity contribution in [1.82, 2.24) is 19.7 Å². The highest BCUT2D eigenvalue weighted by Crippen LogP contribution is 2.13. The van der Waals surface area contributed by atoms with Gasteiger partial charge in [-0.15, -0.1) is 0 Å². The van der Waals surface area contributed by atoms with Gasteiger partial charge in [-0.2, -0.15) is 5.10 Å². The summed E-state index contributed by atoms with van der Waals surface area (Å²) in [4.78, 5) is 33.8. The maximum absolute atomic E-state index is 12.3. The van der Waals surface area contributed by atoms with E-state index in [4.69, 9.17) is 4.74 Å². The van der Waals surface area contributed by atoms with Gasteiger partial charge in [-0.05, 0) is 32.9 Å². The molecule has 2 aromatic rings. The van der Waals surface area contributed by atoms with Crippen LogP contribution in [0.15, 0.2) is 24.5 Å². The van der Waals surface area contributed by atoms with Gasteiger partial charge in [0.15, 0.2) is 11.6 Å². The van der Waals surface area contributed by atoms with Crippen LogP contribution in [0, 0.1) is 0 Å². The quantitative estimate of drug-likeness (QED) is 0.635. The van der Waals surface area contributed by atoms with Crippen molar-refractivity contribution >= 4 is 29.7 Å². The van der Waals surface area contributed by atoms with Crippen LogP contribution in [0.2, 0.25) is 0 Å². The average Bonchev–Trinajstić information content (AvgIpc) is 2.93. The van der Waals surface area contributed by atoms with E-state index >= 15 is 0 Å².